The summed E-state index contributed by atoms with van der Waals surface area (Å²) in [4.78, 5) is 27.5. The summed E-state index contributed by atoms with van der Waals surface area (Å²) in [7, 11) is 0. The van der Waals surface area contributed by atoms with Gasteiger partial charge in [-0.25, -0.2) is 9.07 Å². The number of thiophene rings is 1. The van der Waals surface area contributed by atoms with E-state index in [4.69, 9.17) is 0 Å². The number of aromatic nitrogens is 2. The lowest BCUT2D eigenvalue weighted by molar-refractivity contribution is -0.122. The lowest BCUT2D eigenvalue weighted by Crippen LogP contribution is -2.29. The van der Waals surface area contributed by atoms with Crippen LogP contribution < -0.4 is 10.2 Å². The van der Waals surface area contributed by atoms with Gasteiger partial charge in [-0.15, -0.1) is 11.3 Å². The quantitative estimate of drug-likeness (QED) is 0.716. The van der Waals surface area contributed by atoms with Gasteiger partial charge in [-0.05, 0) is 36.1 Å². The Balaban J connectivity index is 1.45. The lowest BCUT2D eigenvalue weighted by Gasteiger charge is -2.18. The Hall–Kier alpha value is -3.00. The van der Waals surface area contributed by atoms with Crippen LogP contribution in [0, 0.1) is 18.7 Å². The summed E-state index contributed by atoms with van der Waals surface area (Å²) in [6.07, 6.45) is 1.68. The van der Waals surface area contributed by atoms with Crippen molar-refractivity contribution in [3.8, 4) is 0 Å². The van der Waals surface area contributed by atoms with E-state index in [-0.39, 0.29) is 30.5 Å². The molecule has 2 aromatic heterocycles. The van der Waals surface area contributed by atoms with Crippen molar-refractivity contribution >= 4 is 34.7 Å². The molecular weight excluding hydrogens is 379 g/mol. The van der Waals surface area contributed by atoms with E-state index < -0.39 is 11.7 Å². The number of halogens is 1. The highest BCUT2D eigenvalue weighted by molar-refractivity contribution is 7.09. The Morgan fingerprint density at radius 2 is 2.21 bits per heavy atom. The number of hydrogen-bond acceptors (Lipinski definition) is 4. The van der Waals surface area contributed by atoms with Crippen LogP contribution in [-0.4, -0.2) is 28.1 Å². The Kier molecular flexibility index (Phi) is 4.95. The average Bonchev–Trinajstić information content (AvgIpc) is 3.39. The van der Waals surface area contributed by atoms with Crippen LogP contribution in [0.1, 0.15) is 16.9 Å². The van der Waals surface area contributed by atoms with Crippen LogP contribution in [0.15, 0.2) is 48.0 Å². The number of anilines is 2. The molecule has 1 N–H and O–H groups in total. The van der Waals surface area contributed by atoms with Gasteiger partial charge in [0.25, 0.3) is 0 Å². The standard InChI is InChI=1S/C20H19FN4O2S/c1-13-4-5-17(16(21)9-13)24-11-14(10-19(24)26)20(27)23-18-6-7-22-25(18)12-15-3-2-8-28-15/h2-9,14H,10-12H2,1H3,(H,23,27). The molecule has 6 nitrogen and oxygen atoms in total. The lowest BCUT2D eigenvalue weighted by atomic mass is 10.1. The first kappa shape index (κ1) is 18.4. The van der Waals surface area contributed by atoms with Crippen molar-refractivity contribution in [2.45, 2.75) is 19.9 Å². The molecule has 1 saturated heterocycles. The number of aryl methyl sites for hydroxylation is 1. The number of nitrogens with zero attached hydrogens (tertiary/aromatic N) is 3. The SMILES string of the molecule is Cc1ccc(N2CC(C(=O)Nc3ccnn3Cc3cccs3)CC2=O)c(F)c1. The number of carbonyl (C=O) groups is 2. The number of carbonyl (C=O) groups excluding carboxylic acids is 2. The molecule has 144 valence electrons. The maximum Gasteiger partial charge on any atom is 0.230 e. The van der Waals surface area contributed by atoms with Gasteiger partial charge in [-0.3, -0.25) is 9.59 Å². The average molecular weight is 398 g/mol. The Bertz CT molecular complexity index is 1020. The van der Waals surface area contributed by atoms with Gasteiger partial charge in [0.1, 0.15) is 11.6 Å². The van der Waals surface area contributed by atoms with Crippen LogP contribution in [0.25, 0.3) is 0 Å². The van der Waals surface area contributed by atoms with Crippen molar-refractivity contribution < 1.29 is 14.0 Å². The van der Waals surface area contributed by atoms with Crippen LogP contribution in [0.2, 0.25) is 0 Å². The molecule has 1 fully saturated rings. The molecule has 0 bridgehead atoms. The fraction of sp³-hybridized carbons (Fsp3) is 0.250. The molecule has 3 aromatic rings. The maximum absolute atomic E-state index is 14.2. The molecular formula is C20H19FN4O2S. The molecule has 0 spiro atoms. The van der Waals surface area contributed by atoms with E-state index in [1.165, 1.54) is 11.0 Å². The second-order valence-corrected chi connectivity index (χ2v) is 7.84. The number of benzene rings is 1. The number of hydrogen-bond donors (Lipinski definition) is 1. The van der Waals surface area contributed by atoms with Gasteiger partial charge < -0.3 is 10.2 Å². The van der Waals surface area contributed by atoms with Gasteiger partial charge in [0, 0.05) is 23.9 Å². The van der Waals surface area contributed by atoms with Crippen LogP contribution in [-0.2, 0) is 16.1 Å². The van der Waals surface area contributed by atoms with Crippen molar-refractivity contribution in [1.82, 2.24) is 9.78 Å². The molecule has 1 aromatic carbocycles. The molecule has 1 unspecified atom stereocenters. The Morgan fingerprint density at radius 1 is 1.36 bits per heavy atom. The first-order chi connectivity index (χ1) is 13.5. The highest BCUT2D eigenvalue weighted by Crippen LogP contribution is 2.28. The van der Waals surface area contributed by atoms with E-state index in [1.807, 2.05) is 17.5 Å². The molecule has 2 amide bonds. The van der Waals surface area contributed by atoms with E-state index in [1.54, 1.807) is 47.3 Å². The summed E-state index contributed by atoms with van der Waals surface area (Å²) in [6, 6.07) is 10.4. The minimum atomic E-state index is -0.543. The van der Waals surface area contributed by atoms with Crippen LogP contribution in [0.3, 0.4) is 0 Å². The van der Waals surface area contributed by atoms with Gasteiger partial charge in [0.05, 0.1) is 24.3 Å². The number of nitrogens with one attached hydrogen (secondary N) is 1. The fourth-order valence-electron chi connectivity index (χ4n) is 3.29. The summed E-state index contributed by atoms with van der Waals surface area (Å²) in [5.74, 6) is -0.946. The summed E-state index contributed by atoms with van der Waals surface area (Å²) in [5.41, 5.74) is 0.995. The molecule has 3 heterocycles. The maximum atomic E-state index is 14.2. The van der Waals surface area contributed by atoms with Crippen molar-refractivity contribution in [2.24, 2.45) is 5.92 Å². The molecule has 28 heavy (non-hydrogen) atoms. The zero-order chi connectivity index (χ0) is 19.7. The Labute approximate surface area is 165 Å². The van der Waals surface area contributed by atoms with Crippen LogP contribution in [0.4, 0.5) is 15.9 Å². The van der Waals surface area contributed by atoms with E-state index in [9.17, 15) is 14.0 Å². The molecule has 1 aliphatic heterocycles. The van der Waals surface area contributed by atoms with Crippen molar-refractivity contribution in [3.63, 3.8) is 0 Å². The Morgan fingerprint density at radius 3 is 2.96 bits per heavy atom. The molecule has 4 rings (SSSR count). The van der Waals surface area contributed by atoms with Crippen LogP contribution in [0.5, 0.6) is 0 Å². The van der Waals surface area contributed by atoms with Gasteiger partial charge in [-0.2, -0.15) is 5.10 Å². The minimum Gasteiger partial charge on any atom is -0.311 e. The first-order valence-corrected chi connectivity index (χ1v) is 9.81. The third-order valence-corrected chi connectivity index (χ3v) is 5.60. The predicted octanol–water partition coefficient (Wildman–Crippen LogP) is 3.43. The highest BCUT2D eigenvalue weighted by atomic mass is 32.1. The topological polar surface area (TPSA) is 67.2 Å². The second kappa shape index (κ2) is 7.55. The van der Waals surface area contributed by atoms with Crippen LogP contribution >= 0.6 is 11.3 Å². The van der Waals surface area contributed by atoms with Crippen molar-refractivity contribution in [3.05, 3.63) is 64.2 Å². The van der Waals surface area contributed by atoms with Gasteiger partial charge >= 0.3 is 0 Å². The van der Waals surface area contributed by atoms with E-state index in [0.29, 0.717) is 12.4 Å². The predicted molar refractivity (Wildman–Crippen MR) is 106 cm³/mol. The van der Waals surface area contributed by atoms with Gasteiger partial charge in [0.15, 0.2) is 0 Å². The smallest absolute Gasteiger partial charge is 0.230 e. The van der Waals surface area contributed by atoms with Crippen molar-refractivity contribution in [1.29, 1.82) is 0 Å². The molecule has 1 atom stereocenters. The molecule has 8 heteroatoms. The molecule has 0 saturated carbocycles. The van der Waals surface area contributed by atoms with Crippen molar-refractivity contribution in [2.75, 3.05) is 16.8 Å². The molecule has 0 radical (unpaired) electrons. The highest BCUT2D eigenvalue weighted by Gasteiger charge is 2.36. The monoisotopic (exact) mass is 398 g/mol. The zero-order valence-corrected chi connectivity index (χ0v) is 16.1. The van der Waals surface area contributed by atoms with E-state index >= 15 is 0 Å². The summed E-state index contributed by atoms with van der Waals surface area (Å²) in [6.45, 7) is 2.50. The fourth-order valence-corrected chi connectivity index (χ4v) is 3.98. The molecule has 1 aliphatic rings. The normalized spacial score (nSPS) is 16.6. The summed E-state index contributed by atoms with van der Waals surface area (Å²) in [5, 5.41) is 9.09. The number of amides is 2. The third kappa shape index (κ3) is 3.68. The minimum absolute atomic E-state index is 0.0538. The van der Waals surface area contributed by atoms with E-state index in [2.05, 4.69) is 10.4 Å². The van der Waals surface area contributed by atoms with E-state index in [0.717, 1.165) is 10.4 Å². The second-order valence-electron chi connectivity index (χ2n) is 6.80. The largest absolute Gasteiger partial charge is 0.311 e. The first-order valence-electron chi connectivity index (χ1n) is 8.93. The zero-order valence-electron chi connectivity index (χ0n) is 15.3. The third-order valence-electron chi connectivity index (χ3n) is 4.74. The molecule has 0 aliphatic carbocycles. The van der Waals surface area contributed by atoms with Gasteiger partial charge in [0.2, 0.25) is 11.8 Å². The summed E-state index contributed by atoms with van der Waals surface area (Å²) < 4.78 is 15.9. The number of rotatable bonds is 5. The summed E-state index contributed by atoms with van der Waals surface area (Å²) >= 11 is 1.61. The van der Waals surface area contributed by atoms with Gasteiger partial charge in [-0.1, -0.05) is 12.1 Å².